The second kappa shape index (κ2) is 36.5. The molecule has 0 spiro atoms. The molecule has 12 amide bonds. The number of carbonyl (C=O) groups excluding carboxylic acids is 12. The first-order valence-corrected chi connectivity index (χ1v) is 31.2. The van der Waals surface area contributed by atoms with Crippen molar-refractivity contribution in [2.75, 3.05) is 32.8 Å². The predicted molar refractivity (Wildman–Crippen MR) is 333 cm³/mol. The number of carbonyl (C=O) groups is 12. The smallest absolute Gasteiger partial charge is 0.268 e. The van der Waals surface area contributed by atoms with Gasteiger partial charge in [-0.25, -0.2) is 0 Å². The summed E-state index contributed by atoms with van der Waals surface area (Å²) in [4.78, 5) is 169. The number of aliphatic hydroxyl groups excluding tert-OH is 6. The molecule has 510 valence electrons. The van der Waals surface area contributed by atoms with Crippen molar-refractivity contribution in [2.45, 2.75) is 178 Å². The van der Waals surface area contributed by atoms with Crippen LogP contribution in [0.2, 0.25) is 0 Å². The highest BCUT2D eigenvalue weighted by molar-refractivity contribution is 6.04. The summed E-state index contributed by atoms with van der Waals surface area (Å²) in [6, 6.07) is 5.93. The normalized spacial score (nSPS) is 26.6. The lowest BCUT2D eigenvalue weighted by Gasteiger charge is -2.32. The van der Waals surface area contributed by atoms with E-state index in [-0.39, 0.29) is 70.5 Å². The summed E-state index contributed by atoms with van der Waals surface area (Å²) in [6.45, 7) is 5.42. The summed E-state index contributed by atoms with van der Waals surface area (Å²) in [6.07, 6.45) is -8.00. The van der Waals surface area contributed by atoms with Crippen molar-refractivity contribution >= 4 is 70.9 Å². The molecule has 0 aliphatic carbocycles. The van der Waals surface area contributed by atoms with E-state index >= 15 is 0 Å². The Labute approximate surface area is 538 Å². The maximum atomic E-state index is 14.9. The number of allylic oxidation sites excluding steroid dienone is 2. The Balaban J connectivity index is 1.53. The molecule has 0 saturated carbocycles. The zero-order valence-electron chi connectivity index (χ0n) is 52.9. The number of nitrogens with one attached hydrogen (secondary N) is 9. The molecule has 0 aromatic heterocycles. The summed E-state index contributed by atoms with van der Waals surface area (Å²) in [5.74, 6) is -12.8. The molecule has 0 radical (unpaired) electrons. The fraction of sp³-hybridized carbons (Fsp3) is 0.556. The second-order valence-electron chi connectivity index (χ2n) is 23.9. The van der Waals surface area contributed by atoms with Gasteiger partial charge in [0.15, 0.2) is 6.10 Å². The lowest BCUT2D eigenvalue weighted by molar-refractivity contribution is -0.143. The highest BCUT2D eigenvalue weighted by Crippen LogP contribution is 2.23. The Bertz CT molecular complexity index is 3020. The fourth-order valence-corrected chi connectivity index (χ4v) is 10.9. The molecule has 3 saturated heterocycles. The Hall–Kier alpha value is -8.68. The number of rotatable bonds is 17. The molecule has 3 fully saturated rings. The van der Waals surface area contributed by atoms with E-state index in [9.17, 15) is 88.2 Å². The number of fused-ring (bicyclic) bond motifs is 3. The molecule has 13 unspecified atom stereocenters. The second-order valence-corrected chi connectivity index (χ2v) is 23.9. The van der Waals surface area contributed by atoms with E-state index in [4.69, 9.17) is 5.73 Å². The lowest BCUT2D eigenvalue weighted by atomic mass is 9.94. The van der Waals surface area contributed by atoms with Crippen molar-refractivity contribution in [3.63, 3.8) is 0 Å². The third-order valence-electron chi connectivity index (χ3n) is 16.2. The topological polar surface area (TPSA) is 467 Å². The highest BCUT2D eigenvalue weighted by Gasteiger charge is 2.42. The monoisotopic (exact) mass is 1300 g/mol. The Morgan fingerprint density at radius 1 is 0.634 bits per heavy atom. The van der Waals surface area contributed by atoms with Gasteiger partial charge in [-0.3, -0.25) is 57.5 Å². The van der Waals surface area contributed by atoms with Crippen molar-refractivity contribution < 1.29 is 88.2 Å². The number of benzene rings is 2. The van der Waals surface area contributed by atoms with Crippen LogP contribution in [0.3, 0.4) is 0 Å². The number of aliphatic hydroxyl groups is 6. The van der Waals surface area contributed by atoms with Crippen molar-refractivity contribution in [3.8, 4) is 0 Å². The van der Waals surface area contributed by atoms with Crippen LogP contribution >= 0.6 is 0 Å². The van der Waals surface area contributed by atoms with Crippen molar-refractivity contribution in [2.24, 2.45) is 17.6 Å². The van der Waals surface area contributed by atoms with Gasteiger partial charge in [-0.15, -0.1) is 0 Å². The Morgan fingerprint density at radius 2 is 1.22 bits per heavy atom. The minimum absolute atomic E-state index is 0.00627. The van der Waals surface area contributed by atoms with Crippen LogP contribution in [0.1, 0.15) is 104 Å². The molecule has 5 rings (SSSR count). The van der Waals surface area contributed by atoms with E-state index in [2.05, 4.69) is 47.9 Å². The minimum Gasteiger partial charge on any atom is -0.394 e. The lowest BCUT2D eigenvalue weighted by Crippen LogP contribution is -2.60. The van der Waals surface area contributed by atoms with Gasteiger partial charge in [0.25, 0.3) is 17.7 Å². The first kappa shape index (κ1) is 75.0. The predicted octanol–water partition coefficient (Wildman–Crippen LogP) is -4.31. The summed E-state index contributed by atoms with van der Waals surface area (Å²) in [5.41, 5.74) is 5.78. The van der Waals surface area contributed by atoms with E-state index in [1.165, 1.54) is 24.8 Å². The van der Waals surface area contributed by atoms with E-state index in [0.29, 0.717) is 5.56 Å². The first-order valence-electron chi connectivity index (χ1n) is 31.2. The van der Waals surface area contributed by atoms with Gasteiger partial charge in [-0.1, -0.05) is 86.7 Å². The fourth-order valence-electron chi connectivity index (χ4n) is 10.9. The van der Waals surface area contributed by atoms with Crippen molar-refractivity contribution in [3.05, 3.63) is 95.3 Å². The van der Waals surface area contributed by atoms with Crippen LogP contribution in [0, 0.1) is 11.8 Å². The molecule has 2 aromatic carbocycles. The molecule has 13 atom stereocenters. The van der Waals surface area contributed by atoms with E-state index < -0.39 is 200 Å². The van der Waals surface area contributed by atoms with Crippen LogP contribution < -0.4 is 53.6 Å². The standard InChI is InChI=1S/C63H90N12O18/c1-6-40-56(86)72-46(33-76)59(89)67-41(7-2)57(87)73-52(35(5)77)61(91)69-43(21-20-36-15-10-8-11-16-36)63(93)75-25-14-19-47(75)60(90)70-44(29-39(78)30-49(80)48(79)27-34(3)4)53(83)62(92)68-42(22-23-50(64)81)55(85)65-31-51(82)74-26-24-38(32-74)54(84)71-45(58(88)66-40)28-37-17-12-9-13-18-37/h6-13,15-18,34-35,38-39,42-49,52-53,76-80,83H,14,19-33H2,1-5H3,(H2,64,81)(H,65,85)(H,66,88)(H,67,89)(H,68,92)(H,69,91)(H,70,90)(H,71,84)(H,72,86)(H,73,87). The Morgan fingerprint density at radius 3 is 1.81 bits per heavy atom. The van der Waals surface area contributed by atoms with Gasteiger partial charge in [0, 0.05) is 38.9 Å². The number of hydrogen-bond donors (Lipinski definition) is 16. The number of aryl methyl sites for hydroxylation is 1. The maximum absolute atomic E-state index is 14.9. The quantitative estimate of drug-likeness (QED) is 0.0666. The van der Waals surface area contributed by atoms with Crippen molar-refractivity contribution in [1.82, 2.24) is 57.7 Å². The van der Waals surface area contributed by atoms with Crippen molar-refractivity contribution in [1.29, 1.82) is 0 Å². The van der Waals surface area contributed by atoms with Crippen LogP contribution in [0.4, 0.5) is 0 Å². The third-order valence-corrected chi connectivity index (χ3v) is 16.2. The van der Waals surface area contributed by atoms with Crippen LogP contribution in [0.15, 0.2) is 84.2 Å². The molecule has 2 aromatic rings. The number of primary amides is 1. The molecule has 93 heavy (non-hydrogen) atoms. The van der Waals surface area contributed by atoms with Crippen LogP contribution in [0.5, 0.6) is 0 Å². The van der Waals surface area contributed by atoms with Gasteiger partial charge < -0.3 is 94.0 Å². The summed E-state index contributed by atoms with van der Waals surface area (Å²) >= 11 is 0. The SMILES string of the molecule is CC=C1NC(=O)C(CO)NC(=O)C(=CC)NC(=O)C(Cc2ccccc2)NC(=O)C2CCN(C2)C(=O)CNC(=O)C(CCC(N)=O)NC(=O)C(O)C(CC(O)CC(O)C(O)CC(C)C)NC(=O)C2CCCN2C(=O)C(CCc2ccccc2)NC(=O)C(C(C)O)NC1=O. The number of nitrogens with two attached hydrogens (primary N) is 1. The third kappa shape index (κ3) is 22.8. The molecule has 17 N–H and O–H groups in total. The molecule has 30 heteroatoms. The Kier molecular flexibility index (Phi) is 29.5. The van der Waals surface area contributed by atoms with Gasteiger partial charge in [0.05, 0.1) is 49.5 Å². The molecule has 3 aliphatic heterocycles. The zero-order chi connectivity index (χ0) is 68.6. The maximum Gasteiger partial charge on any atom is 0.268 e. The van der Waals surface area contributed by atoms with Gasteiger partial charge in [0.1, 0.15) is 47.6 Å². The molecule has 30 nitrogen and oxygen atoms in total. The van der Waals surface area contributed by atoms with E-state index in [1.807, 2.05) is 0 Å². The van der Waals surface area contributed by atoms with Crippen LogP contribution in [-0.4, -0.2) is 217 Å². The average Bonchev–Trinajstić information content (AvgIpc) is 1.81. The number of nitrogens with zero attached hydrogens (tertiary/aromatic N) is 2. The van der Waals surface area contributed by atoms with Gasteiger partial charge in [0.2, 0.25) is 53.2 Å². The zero-order valence-corrected chi connectivity index (χ0v) is 52.9. The highest BCUT2D eigenvalue weighted by atomic mass is 16.3. The molecule has 2 bridgehead atoms. The van der Waals surface area contributed by atoms with E-state index in [0.717, 1.165) is 23.5 Å². The summed E-state index contributed by atoms with van der Waals surface area (Å²) < 4.78 is 0. The minimum atomic E-state index is -2.34. The number of hydrogen-bond acceptors (Lipinski definition) is 18. The molecular formula is C63H90N12O18. The van der Waals surface area contributed by atoms with Gasteiger partial charge >= 0.3 is 0 Å². The summed E-state index contributed by atoms with van der Waals surface area (Å²) in [7, 11) is 0. The molecular weight excluding hydrogens is 1210 g/mol. The van der Waals surface area contributed by atoms with Gasteiger partial charge in [-0.05, 0) is 89.2 Å². The summed E-state index contributed by atoms with van der Waals surface area (Å²) in [5, 5.41) is 88.0. The number of amides is 12. The molecule has 3 aliphatic rings. The van der Waals surface area contributed by atoms with Crippen LogP contribution in [-0.2, 0) is 70.4 Å². The van der Waals surface area contributed by atoms with Gasteiger partial charge in [-0.2, -0.15) is 0 Å². The molecule has 3 heterocycles. The van der Waals surface area contributed by atoms with E-state index in [1.54, 1.807) is 74.5 Å². The first-order chi connectivity index (χ1) is 44.1. The largest absolute Gasteiger partial charge is 0.394 e. The van der Waals surface area contributed by atoms with Crippen LogP contribution in [0.25, 0.3) is 0 Å². The average molecular weight is 1300 g/mol.